The number of nitrogens with one attached hydrogen (secondary N) is 1. The van der Waals surface area contributed by atoms with Crippen LogP contribution in [0.15, 0.2) is 24.3 Å². The summed E-state index contributed by atoms with van der Waals surface area (Å²) in [5, 5.41) is 0. The van der Waals surface area contributed by atoms with Gasteiger partial charge in [0.2, 0.25) is 0 Å². The zero-order valence-electron chi connectivity index (χ0n) is 11.1. The Balaban J connectivity index is 0.00000120. The van der Waals surface area contributed by atoms with E-state index in [4.69, 9.17) is 5.73 Å². The SMILES string of the molecule is Cl.Cl.Cl.NC1CCN(Cc2nc3ccccc3[nH]2)CC1. The third kappa shape index (κ3) is 4.50. The fourth-order valence-electron chi connectivity index (χ4n) is 2.40. The minimum atomic E-state index is 0. The van der Waals surface area contributed by atoms with Gasteiger partial charge < -0.3 is 10.7 Å². The zero-order chi connectivity index (χ0) is 11.7. The lowest BCUT2D eigenvalue weighted by Crippen LogP contribution is -2.39. The molecule has 1 aromatic carbocycles. The fourth-order valence-corrected chi connectivity index (χ4v) is 2.40. The first kappa shape index (κ1) is 19.5. The van der Waals surface area contributed by atoms with Crippen LogP contribution in [0.2, 0.25) is 0 Å². The summed E-state index contributed by atoms with van der Waals surface area (Å²) in [6.45, 7) is 3.07. The summed E-state index contributed by atoms with van der Waals surface area (Å²) in [7, 11) is 0. The van der Waals surface area contributed by atoms with Gasteiger partial charge in [0.05, 0.1) is 17.6 Å². The molecule has 1 fully saturated rings. The van der Waals surface area contributed by atoms with Crippen LogP contribution in [-0.2, 0) is 6.54 Å². The normalized spacial score (nSPS) is 16.1. The Morgan fingerprint density at radius 1 is 1.15 bits per heavy atom. The number of aromatic amines is 1. The maximum atomic E-state index is 5.90. The molecule has 0 amide bonds. The van der Waals surface area contributed by atoms with Crippen molar-refractivity contribution in [3.05, 3.63) is 30.1 Å². The number of fused-ring (bicyclic) bond motifs is 1. The number of nitrogens with zero attached hydrogens (tertiary/aromatic N) is 2. The molecule has 114 valence electrons. The van der Waals surface area contributed by atoms with Crippen molar-refractivity contribution >= 4 is 48.3 Å². The Morgan fingerprint density at radius 3 is 2.45 bits per heavy atom. The van der Waals surface area contributed by atoms with Crippen LogP contribution in [0.25, 0.3) is 11.0 Å². The molecule has 0 atom stereocenters. The van der Waals surface area contributed by atoms with Gasteiger partial charge in [0.1, 0.15) is 5.82 Å². The van der Waals surface area contributed by atoms with Gasteiger partial charge in [-0.1, -0.05) is 12.1 Å². The van der Waals surface area contributed by atoms with E-state index in [1.165, 1.54) is 0 Å². The molecule has 2 heterocycles. The van der Waals surface area contributed by atoms with Gasteiger partial charge in [0, 0.05) is 19.1 Å². The van der Waals surface area contributed by atoms with Crippen molar-refractivity contribution in [3.63, 3.8) is 0 Å². The molecule has 20 heavy (non-hydrogen) atoms. The lowest BCUT2D eigenvalue weighted by molar-refractivity contribution is 0.202. The quantitative estimate of drug-likeness (QED) is 0.884. The largest absolute Gasteiger partial charge is 0.341 e. The average Bonchev–Trinajstić information content (AvgIpc) is 2.74. The summed E-state index contributed by atoms with van der Waals surface area (Å²) in [4.78, 5) is 10.4. The van der Waals surface area contributed by atoms with Crippen molar-refractivity contribution in [1.29, 1.82) is 0 Å². The van der Waals surface area contributed by atoms with Crippen LogP contribution in [-0.4, -0.2) is 34.0 Å². The lowest BCUT2D eigenvalue weighted by atomic mass is 10.1. The van der Waals surface area contributed by atoms with Crippen molar-refractivity contribution in [3.8, 4) is 0 Å². The molecule has 0 aliphatic carbocycles. The molecule has 3 N–H and O–H groups in total. The van der Waals surface area contributed by atoms with Gasteiger partial charge >= 0.3 is 0 Å². The fraction of sp³-hybridized carbons (Fsp3) is 0.462. The summed E-state index contributed by atoms with van der Waals surface area (Å²) in [5.41, 5.74) is 8.08. The number of piperidine rings is 1. The standard InChI is InChI=1S/C13H18N4.3ClH/c14-10-5-7-17(8-6-10)9-13-15-11-3-1-2-4-12(11)16-13;;;/h1-4,10H,5-9,14H2,(H,15,16);3*1H. The van der Waals surface area contributed by atoms with Crippen molar-refractivity contribution in [2.75, 3.05) is 13.1 Å². The summed E-state index contributed by atoms with van der Waals surface area (Å²) >= 11 is 0. The highest BCUT2D eigenvalue weighted by Gasteiger charge is 2.17. The minimum Gasteiger partial charge on any atom is -0.341 e. The van der Waals surface area contributed by atoms with E-state index >= 15 is 0 Å². The maximum absolute atomic E-state index is 5.90. The number of hydrogen-bond donors (Lipinski definition) is 2. The molecule has 0 radical (unpaired) electrons. The molecule has 1 aliphatic rings. The molecule has 1 saturated heterocycles. The number of H-pyrrole nitrogens is 1. The minimum absolute atomic E-state index is 0. The van der Waals surface area contributed by atoms with E-state index in [0.29, 0.717) is 6.04 Å². The van der Waals surface area contributed by atoms with Crippen molar-refractivity contribution < 1.29 is 0 Å². The molecular weight excluding hydrogens is 319 g/mol. The van der Waals surface area contributed by atoms with E-state index in [9.17, 15) is 0 Å². The third-order valence-electron chi connectivity index (χ3n) is 3.44. The molecular formula is C13H21Cl3N4. The second-order valence-electron chi connectivity index (χ2n) is 4.81. The summed E-state index contributed by atoms with van der Waals surface area (Å²) < 4.78 is 0. The van der Waals surface area contributed by atoms with Crippen LogP contribution in [0.3, 0.4) is 0 Å². The highest BCUT2D eigenvalue weighted by Crippen LogP contribution is 2.14. The van der Waals surface area contributed by atoms with Gasteiger partial charge in [-0.25, -0.2) is 4.98 Å². The summed E-state index contributed by atoms with van der Waals surface area (Å²) in [6, 6.07) is 8.55. The monoisotopic (exact) mass is 338 g/mol. The number of halogens is 3. The van der Waals surface area contributed by atoms with Crippen LogP contribution < -0.4 is 5.73 Å². The Hall–Kier alpha value is -0.520. The Bertz CT molecular complexity index is 476. The van der Waals surface area contributed by atoms with E-state index in [0.717, 1.165) is 49.3 Å². The predicted molar refractivity (Wildman–Crippen MR) is 90.3 cm³/mol. The number of nitrogens with two attached hydrogens (primary N) is 1. The number of aromatic nitrogens is 2. The van der Waals surface area contributed by atoms with E-state index in [1.54, 1.807) is 0 Å². The molecule has 1 aliphatic heterocycles. The van der Waals surface area contributed by atoms with E-state index in [-0.39, 0.29) is 37.2 Å². The lowest BCUT2D eigenvalue weighted by Gasteiger charge is -2.29. The number of benzene rings is 1. The molecule has 0 unspecified atom stereocenters. The van der Waals surface area contributed by atoms with E-state index < -0.39 is 0 Å². The van der Waals surface area contributed by atoms with Crippen LogP contribution in [0.5, 0.6) is 0 Å². The van der Waals surface area contributed by atoms with Crippen LogP contribution in [0.4, 0.5) is 0 Å². The van der Waals surface area contributed by atoms with Crippen LogP contribution in [0, 0.1) is 0 Å². The van der Waals surface area contributed by atoms with Crippen molar-refractivity contribution in [2.45, 2.75) is 25.4 Å². The molecule has 4 nitrogen and oxygen atoms in total. The molecule has 0 spiro atoms. The van der Waals surface area contributed by atoms with Crippen LogP contribution >= 0.6 is 37.2 Å². The third-order valence-corrected chi connectivity index (χ3v) is 3.44. The number of rotatable bonds is 2. The predicted octanol–water partition coefficient (Wildman–Crippen LogP) is 2.75. The summed E-state index contributed by atoms with van der Waals surface area (Å²) in [5.74, 6) is 1.06. The van der Waals surface area contributed by atoms with Gasteiger partial charge in [0.15, 0.2) is 0 Å². The first-order valence-corrected chi connectivity index (χ1v) is 6.23. The smallest absolute Gasteiger partial charge is 0.121 e. The number of hydrogen-bond acceptors (Lipinski definition) is 3. The van der Waals surface area contributed by atoms with Gasteiger partial charge in [-0.3, -0.25) is 4.90 Å². The summed E-state index contributed by atoms with van der Waals surface area (Å²) in [6.07, 6.45) is 2.19. The molecule has 0 bridgehead atoms. The Morgan fingerprint density at radius 2 is 1.80 bits per heavy atom. The van der Waals surface area contributed by atoms with Gasteiger partial charge in [-0.05, 0) is 25.0 Å². The van der Waals surface area contributed by atoms with Gasteiger partial charge in [-0.15, -0.1) is 37.2 Å². The first-order valence-electron chi connectivity index (χ1n) is 6.23. The topological polar surface area (TPSA) is 57.9 Å². The molecule has 0 saturated carbocycles. The number of imidazole rings is 1. The highest BCUT2D eigenvalue weighted by molar-refractivity contribution is 5.86. The second-order valence-corrected chi connectivity index (χ2v) is 4.81. The Kier molecular flexibility index (Phi) is 8.47. The highest BCUT2D eigenvalue weighted by atomic mass is 35.5. The second kappa shape index (κ2) is 8.70. The first-order chi connectivity index (χ1) is 8.31. The van der Waals surface area contributed by atoms with E-state index in [2.05, 4.69) is 20.9 Å². The van der Waals surface area contributed by atoms with Gasteiger partial charge in [-0.2, -0.15) is 0 Å². The van der Waals surface area contributed by atoms with Crippen LogP contribution in [0.1, 0.15) is 18.7 Å². The van der Waals surface area contributed by atoms with Gasteiger partial charge in [0.25, 0.3) is 0 Å². The molecule has 7 heteroatoms. The molecule has 2 aromatic rings. The Labute approximate surface area is 137 Å². The molecule has 3 rings (SSSR count). The maximum Gasteiger partial charge on any atom is 0.121 e. The van der Waals surface area contributed by atoms with E-state index in [1.807, 2.05) is 18.2 Å². The van der Waals surface area contributed by atoms with Crippen molar-refractivity contribution in [1.82, 2.24) is 14.9 Å². The number of likely N-dealkylation sites (tertiary alicyclic amines) is 1. The van der Waals surface area contributed by atoms with Crippen molar-refractivity contribution in [2.24, 2.45) is 5.73 Å². The average molecular weight is 340 g/mol. The zero-order valence-corrected chi connectivity index (χ0v) is 13.6. The number of para-hydroxylation sites is 2. The molecule has 1 aromatic heterocycles.